The van der Waals surface area contributed by atoms with Crippen LogP contribution in [0.15, 0.2) is 24.3 Å². The lowest BCUT2D eigenvalue weighted by atomic mass is 9.96. The number of phenolic OH excluding ortho intramolecular Hbond substituents is 1. The molecule has 0 spiro atoms. The van der Waals surface area contributed by atoms with Crippen molar-refractivity contribution in [3.05, 3.63) is 29.8 Å². The van der Waals surface area contributed by atoms with Crippen LogP contribution in [0.2, 0.25) is 0 Å². The van der Waals surface area contributed by atoms with E-state index >= 15 is 0 Å². The van der Waals surface area contributed by atoms with E-state index in [1.165, 1.54) is 35.7 Å². The van der Waals surface area contributed by atoms with Crippen LogP contribution in [0.3, 0.4) is 0 Å². The first-order valence-corrected chi connectivity index (χ1v) is 26.1. The predicted octanol–water partition coefficient (Wildman–Crippen LogP) is 0.0461. The molecule has 2 rings (SSSR count). The van der Waals surface area contributed by atoms with E-state index in [0.29, 0.717) is 30.6 Å². The fraction of sp³-hybridized carbons (Fsp3) is 0.673. The summed E-state index contributed by atoms with van der Waals surface area (Å²) in [6, 6.07) is -2.83. The van der Waals surface area contributed by atoms with Gasteiger partial charge in [0.05, 0.1) is 19.1 Å². The van der Waals surface area contributed by atoms with Crippen LogP contribution in [0.5, 0.6) is 5.75 Å². The molecule has 0 aromatic heterocycles. The highest BCUT2D eigenvalue weighted by Crippen LogP contribution is 2.23. The summed E-state index contributed by atoms with van der Waals surface area (Å²) in [7, 11) is 0. The minimum absolute atomic E-state index is 0.0283. The van der Waals surface area contributed by atoms with Gasteiger partial charge in [0.2, 0.25) is 53.2 Å². The molecule has 9 atom stereocenters. The smallest absolute Gasteiger partial charge is 0.325 e. The van der Waals surface area contributed by atoms with E-state index in [2.05, 4.69) is 42.5 Å². The quantitative estimate of drug-likeness (QED) is 0.0485. The summed E-state index contributed by atoms with van der Waals surface area (Å²) in [6.07, 6.45) is 3.69. The number of carbonyl (C=O) groups excluding carboxylic acids is 9. The number of aromatic hydroxyl groups is 1. The van der Waals surface area contributed by atoms with E-state index in [1.54, 1.807) is 32.9 Å². The molecule has 1 heterocycles. The van der Waals surface area contributed by atoms with Crippen LogP contribution in [0.1, 0.15) is 106 Å². The van der Waals surface area contributed by atoms with E-state index in [-0.39, 0.29) is 49.8 Å². The number of hydrogen-bond donors (Lipinski definition) is 11. The number of aliphatic carboxylic acids is 1. The number of phenols is 1. The van der Waals surface area contributed by atoms with Crippen LogP contribution < -0.4 is 48.3 Å². The monoisotopic (exact) mass is 1030 g/mol. The van der Waals surface area contributed by atoms with Gasteiger partial charge in [-0.2, -0.15) is 11.8 Å². The van der Waals surface area contributed by atoms with Crippen molar-refractivity contribution in [1.82, 2.24) is 47.4 Å². The number of thioether (sulfide) groups is 1. The number of hydrogen-bond acceptors (Lipinski definition) is 13. The number of benzene rings is 1. The van der Waals surface area contributed by atoms with Gasteiger partial charge in [-0.3, -0.25) is 47.9 Å². The Hall–Kier alpha value is -5.97. The molecule has 23 heteroatoms. The van der Waals surface area contributed by atoms with Crippen molar-refractivity contribution in [2.45, 2.75) is 156 Å². The second-order valence-electron chi connectivity index (χ2n) is 19.6. The maximum absolute atomic E-state index is 14.6. The second-order valence-corrected chi connectivity index (χ2v) is 20.6. The van der Waals surface area contributed by atoms with Crippen molar-refractivity contribution in [2.75, 3.05) is 31.6 Å². The topological polar surface area (TPSA) is 337 Å². The van der Waals surface area contributed by atoms with E-state index in [1.807, 2.05) is 40.9 Å². The summed E-state index contributed by atoms with van der Waals surface area (Å²) in [6.45, 7) is 14.8. The Balaban J connectivity index is 2.30. The summed E-state index contributed by atoms with van der Waals surface area (Å²) in [5.41, 5.74) is 6.61. The molecular weight excluding hydrogens is 953 g/mol. The molecule has 12 N–H and O–H groups in total. The highest BCUT2D eigenvalue weighted by molar-refractivity contribution is 7.98. The van der Waals surface area contributed by atoms with Crippen LogP contribution >= 0.6 is 11.8 Å². The Kier molecular flexibility index (Phi) is 26.6. The van der Waals surface area contributed by atoms with E-state index in [0.717, 1.165) is 0 Å². The molecule has 0 aliphatic carbocycles. The number of nitrogens with one attached hydrogen (secondary N) is 8. The molecule has 1 fully saturated rings. The first-order chi connectivity index (χ1) is 33.8. The molecular formula is C49H80N10O12S. The van der Waals surface area contributed by atoms with Gasteiger partial charge in [0.25, 0.3) is 0 Å². The molecule has 1 aromatic carbocycles. The number of nitrogens with two attached hydrogens (primary N) is 1. The fourth-order valence-electron chi connectivity index (χ4n) is 7.82. The zero-order chi connectivity index (χ0) is 54.4. The lowest BCUT2D eigenvalue weighted by Crippen LogP contribution is -2.60. The Bertz CT molecular complexity index is 2020. The molecule has 72 heavy (non-hydrogen) atoms. The van der Waals surface area contributed by atoms with Crippen molar-refractivity contribution in [1.29, 1.82) is 0 Å². The number of likely N-dealkylation sites (tertiary alicyclic amines) is 1. The van der Waals surface area contributed by atoms with Crippen LogP contribution in [0.25, 0.3) is 0 Å². The van der Waals surface area contributed by atoms with Gasteiger partial charge in [-0.05, 0) is 92.4 Å². The zero-order valence-corrected chi connectivity index (χ0v) is 44.2. The summed E-state index contributed by atoms with van der Waals surface area (Å²) >= 11 is 1.47. The number of amides is 9. The number of carboxylic acid groups (broad SMARTS) is 1. The molecule has 1 aliphatic heterocycles. The van der Waals surface area contributed by atoms with Gasteiger partial charge in [-0.25, -0.2) is 0 Å². The maximum Gasteiger partial charge on any atom is 0.325 e. The summed E-state index contributed by atoms with van der Waals surface area (Å²) < 4.78 is 0. The van der Waals surface area contributed by atoms with E-state index in [9.17, 15) is 53.1 Å². The normalized spacial score (nSPS) is 16.8. The summed E-state index contributed by atoms with van der Waals surface area (Å²) in [5.74, 6) is -7.60. The standard InChI is InChI=1S/C49H80N10O12S/c1-11-29(8)41(58-45(66)36(23-31-14-16-32(60)17-15-31)54-39(62)25-51-43(64)34(18-20-72-10)55-42(63)33(50)21-26(2)3)48(69)59-19-12-13-37(59)46(67)56-35(22-27(4)5)44(65)57-40(28(6)7)47(68)52-24-38(61)53-30(9)49(70)71/h14-17,26-30,33-37,40-41,60H,11-13,18-25,50H2,1-10H3,(H,51,64)(H,52,68)(H,53,61)(H,54,62)(H,55,63)(H,56,67)(H,57,65)(H,58,66)(H,70,71)/t29-,30-,33-,34-,35-,36-,37-,40-,41-/m0/s1. The first kappa shape index (κ1) is 62.1. The highest BCUT2D eigenvalue weighted by atomic mass is 32.2. The molecule has 1 saturated heterocycles. The average Bonchev–Trinajstić information content (AvgIpc) is 3.82. The van der Waals surface area contributed by atoms with Crippen LogP contribution in [-0.4, -0.2) is 154 Å². The Morgan fingerprint density at radius 3 is 1.82 bits per heavy atom. The van der Waals surface area contributed by atoms with Crippen molar-refractivity contribution >= 4 is 70.9 Å². The van der Waals surface area contributed by atoms with Crippen LogP contribution in [0, 0.1) is 23.7 Å². The van der Waals surface area contributed by atoms with Crippen molar-refractivity contribution in [3.8, 4) is 5.75 Å². The Morgan fingerprint density at radius 1 is 0.694 bits per heavy atom. The predicted molar refractivity (Wildman–Crippen MR) is 272 cm³/mol. The molecule has 0 unspecified atom stereocenters. The lowest BCUT2D eigenvalue weighted by Gasteiger charge is -2.33. The summed E-state index contributed by atoms with van der Waals surface area (Å²) in [4.78, 5) is 134. The number of nitrogens with zero attached hydrogens (tertiary/aromatic N) is 1. The van der Waals surface area contributed by atoms with Gasteiger partial charge >= 0.3 is 5.97 Å². The highest BCUT2D eigenvalue weighted by Gasteiger charge is 2.41. The van der Waals surface area contributed by atoms with Gasteiger partial charge in [0, 0.05) is 13.0 Å². The maximum atomic E-state index is 14.6. The van der Waals surface area contributed by atoms with E-state index < -0.39 is 132 Å². The number of carbonyl (C=O) groups is 10. The molecule has 0 saturated carbocycles. The molecule has 9 amide bonds. The lowest BCUT2D eigenvalue weighted by molar-refractivity contribution is -0.143. The van der Waals surface area contributed by atoms with Gasteiger partial charge in [0.15, 0.2) is 0 Å². The van der Waals surface area contributed by atoms with Gasteiger partial charge < -0.3 is 63.4 Å². The van der Waals surface area contributed by atoms with Crippen molar-refractivity contribution in [2.24, 2.45) is 29.4 Å². The van der Waals surface area contributed by atoms with E-state index in [4.69, 9.17) is 10.8 Å². The van der Waals surface area contributed by atoms with Crippen LogP contribution in [-0.2, 0) is 54.4 Å². The third-order valence-electron chi connectivity index (χ3n) is 12.1. The minimum atomic E-state index is -1.29. The average molecular weight is 1030 g/mol. The largest absolute Gasteiger partial charge is 0.508 e. The third-order valence-corrected chi connectivity index (χ3v) is 12.8. The Morgan fingerprint density at radius 2 is 1.26 bits per heavy atom. The second kappa shape index (κ2) is 30.8. The number of rotatable bonds is 30. The fourth-order valence-corrected chi connectivity index (χ4v) is 8.29. The molecule has 22 nitrogen and oxygen atoms in total. The molecule has 404 valence electrons. The van der Waals surface area contributed by atoms with Gasteiger partial charge in [-0.15, -0.1) is 0 Å². The minimum Gasteiger partial charge on any atom is -0.508 e. The molecule has 1 aromatic rings. The number of carboxylic acids is 1. The van der Waals surface area contributed by atoms with Crippen molar-refractivity contribution < 1.29 is 58.2 Å². The molecule has 0 radical (unpaired) electrons. The van der Waals surface area contributed by atoms with Gasteiger partial charge in [-0.1, -0.05) is 73.9 Å². The SMILES string of the molecule is CC[C@H](C)[C@H](NC(=O)[C@H](Cc1ccc(O)cc1)NC(=O)CNC(=O)[C@H](CCSC)NC(=O)[C@@H](N)CC(C)C)C(=O)N1CCC[C@H]1C(=O)N[C@@H](CC(C)C)C(=O)N[C@H](C(=O)NCC(=O)N[C@@H](C)C(=O)O)C(C)C. The molecule has 0 bridgehead atoms. The third kappa shape index (κ3) is 21.0. The molecule has 1 aliphatic rings. The van der Waals surface area contributed by atoms with Crippen molar-refractivity contribution in [3.63, 3.8) is 0 Å². The van der Waals surface area contributed by atoms with Crippen LogP contribution in [0.4, 0.5) is 0 Å². The summed E-state index contributed by atoms with van der Waals surface area (Å²) in [5, 5.41) is 39.8. The van der Waals surface area contributed by atoms with Gasteiger partial charge in [0.1, 0.15) is 48.0 Å². The first-order valence-electron chi connectivity index (χ1n) is 24.7. The zero-order valence-electron chi connectivity index (χ0n) is 43.4. The Labute approximate surface area is 427 Å².